The Morgan fingerprint density at radius 1 is 1.19 bits per heavy atom. The fraction of sp³-hybridized carbons (Fsp3) is 0.545. The topological polar surface area (TPSA) is 123 Å². The molecule has 0 saturated carbocycles. The Morgan fingerprint density at radius 3 is 2.65 bits per heavy atom. The molecule has 31 heavy (non-hydrogen) atoms. The number of amides is 3. The van der Waals surface area contributed by atoms with Gasteiger partial charge in [0.2, 0.25) is 11.7 Å². The van der Waals surface area contributed by atoms with Crippen molar-refractivity contribution in [2.24, 2.45) is 5.92 Å². The summed E-state index contributed by atoms with van der Waals surface area (Å²) in [6, 6.07) is 7.24. The maximum absolute atomic E-state index is 12.9. The first-order chi connectivity index (χ1) is 14.9. The van der Waals surface area contributed by atoms with E-state index in [1.54, 1.807) is 0 Å². The van der Waals surface area contributed by atoms with E-state index < -0.39 is 35.8 Å². The summed E-state index contributed by atoms with van der Waals surface area (Å²) >= 11 is 0. The van der Waals surface area contributed by atoms with Crippen molar-refractivity contribution in [1.82, 2.24) is 16.0 Å². The third-order valence-electron chi connectivity index (χ3n) is 4.69. The Kier molecular flexibility index (Phi) is 9.96. The molecule has 1 aromatic carbocycles. The van der Waals surface area contributed by atoms with Gasteiger partial charge in [-0.3, -0.25) is 14.4 Å². The lowest BCUT2D eigenvalue weighted by Gasteiger charge is -2.24. The second-order valence-electron chi connectivity index (χ2n) is 7.82. The number of ether oxygens (including phenoxy) is 2. The van der Waals surface area contributed by atoms with Crippen molar-refractivity contribution in [1.29, 1.82) is 0 Å². The molecule has 2 rings (SSSR count). The first-order valence-corrected chi connectivity index (χ1v) is 10.5. The minimum absolute atomic E-state index is 0.0707. The number of benzene rings is 1. The van der Waals surface area contributed by atoms with Crippen molar-refractivity contribution in [3.63, 3.8) is 0 Å². The lowest BCUT2D eigenvalue weighted by Crippen LogP contribution is -2.54. The molecule has 2 unspecified atom stereocenters. The van der Waals surface area contributed by atoms with Gasteiger partial charge in [-0.25, -0.2) is 4.79 Å². The van der Waals surface area contributed by atoms with Crippen LogP contribution in [0.2, 0.25) is 0 Å². The molecular weight excluding hydrogens is 402 g/mol. The van der Waals surface area contributed by atoms with E-state index in [0.29, 0.717) is 26.0 Å². The molecule has 0 radical (unpaired) electrons. The highest BCUT2D eigenvalue weighted by molar-refractivity contribution is 6.38. The van der Waals surface area contributed by atoms with Crippen molar-refractivity contribution in [3.05, 3.63) is 35.9 Å². The monoisotopic (exact) mass is 433 g/mol. The molecule has 9 nitrogen and oxygen atoms in total. The third kappa shape index (κ3) is 8.75. The molecule has 1 aliphatic heterocycles. The van der Waals surface area contributed by atoms with Gasteiger partial charge in [0.05, 0.1) is 6.04 Å². The highest BCUT2D eigenvalue weighted by Gasteiger charge is 2.30. The Morgan fingerprint density at radius 2 is 1.94 bits per heavy atom. The molecule has 1 saturated heterocycles. The number of rotatable bonds is 7. The number of alkyl carbamates (subject to hydrolysis) is 1. The van der Waals surface area contributed by atoms with E-state index in [4.69, 9.17) is 9.47 Å². The summed E-state index contributed by atoms with van der Waals surface area (Å²) in [4.78, 5) is 49.6. The highest BCUT2D eigenvalue weighted by Crippen LogP contribution is 2.08. The predicted octanol–water partition coefficient (Wildman–Crippen LogP) is 1.31. The van der Waals surface area contributed by atoms with Crippen LogP contribution in [0.1, 0.15) is 38.7 Å². The lowest BCUT2D eigenvalue weighted by atomic mass is 10.0. The summed E-state index contributed by atoms with van der Waals surface area (Å²) in [5, 5.41) is 7.69. The fourth-order valence-electron chi connectivity index (χ4n) is 3.08. The van der Waals surface area contributed by atoms with Gasteiger partial charge < -0.3 is 25.4 Å². The van der Waals surface area contributed by atoms with Gasteiger partial charge in [0.15, 0.2) is 0 Å². The fourth-order valence-corrected chi connectivity index (χ4v) is 3.08. The average molecular weight is 434 g/mol. The molecule has 0 aromatic heterocycles. The van der Waals surface area contributed by atoms with Crippen LogP contribution in [0, 0.1) is 5.92 Å². The Bertz CT molecular complexity index is 753. The quantitative estimate of drug-likeness (QED) is 0.557. The second kappa shape index (κ2) is 12.7. The van der Waals surface area contributed by atoms with Crippen LogP contribution in [-0.2, 0) is 30.5 Å². The first kappa shape index (κ1) is 24.3. The van der Waals surface area contributed by atoms with Crippen molar-refractivity contribution in [3.8, 4) is 0 Å². The van der Waals surface area contributed by atoms with Crippen molar-refractivity contribution in [2.45, 2.75) is 51.8 Å². The molecule has 0 aliphatic carbocycles. The molecule has 1 fully saturated rings. The third-order valence-corrected chi connectivity index (χ3v) is 4.69. The van der Waals surface area contributed by atoms with Crippen molar-refractivity contribution < 1.29 is 28.7 Å². The van der Waals surface area contributed by atoms with Gasteiger partial charge in [-0.15, -0.1) is 0 Å². The van der Waals surface area contributed by atoms with E-state index in [0.717, 1.165) is 5.56 Å². The number of nitrogens with one attached hydrogen (secondary N) is 3. The normalized spacial score (nSPS) is 18.6. The zero-order valence-corrected chi connectivity index (χ0v) is 18.0. The number of hydrogen-bond acceptors (Lipinski definition) is 6. The number of carbonyl (C=O) groups is 4. The molecule has 3 amide bonds. The number of ketones is 1. The van der Waals surface area contributed by atoms with E-state index in [1.165, 1.54) is 0 Å². The van der Waals surface area contributed by atoms with Crippen LogP contribution in [0.5, 0.6) is 0 Å². The van der Waals surface area contributed by atoms with Crippen LogP contribution in [0.3, 0.4) is 0 Å². The van der Waals surface area contributed by atoms with E-state index in [1.807, 2.05) is 44.2 Å². The van der Waals surface area contributed by atoms with Gasteiger partial charge in [0.25, 0.3) is 5.91 Å². The predicted molar refractivity (Wildman–Crippen MR) is 113 cm³/mol. The molecule has 3 N–H and O–H groups in total. The van der Waals surface area contributed by atoms with Crippen molar-refractivity contribution in [2.75, 3.05) is 19.8 Å². The van der Waals surface area contributed by atoms with E-state index in [9.17, 15) is 19.2 Å². The highest BCUT2D eigenvalue weighted by atomic mass is 16.5. The molecule has 1 aliphatic rings. The van der Waals surface area contributed by atoms with Crippen molar-refractivity contribution >= 4 is 23.7 Å². The number of Topliss-reactive ketones (excluding diaryl/α,β-unsaturated/α-hetero) is 1. The molecule has 1 heterocycles. The van der Waals surface area contributed by atoms with Gasteiger partial charge in [-0.2, -0.15) is 0 Å². The molecule has 1 aromatic rings. The molecule has 170 valence electrons. The Hall–Kier alpha value is -2.94. The summed E-state index contributed by atoms with van der Waals surface area (Å²) in [6.45, 7) is 4.92. The van der Waals surface area contributed by atoms with E-state index >= 15 is 0 Å². The summed E-state index contributed by atoms with van der Waals surface area (Å²) in [6.07, 6.45) is 0.394. The van der Waals surface area contributed by atoms with Crippen LogP contribution in [0.25, 0.3) is 0 Å². The van der Waals surface area contributed by atoms with Crippen LogP contribution in [0.4, 0.5) is 4.79 Å². The Balaban J connectivity index is 1.98. The largest absolute Gasteiger partial charge is 0.445 e. The molecule has 9 heteroatoms. The maximum atomic E-state index is 12.9. The number of carbonyl (C=O) groups excluding carboxylic acids is 4. The lowest BCUT2D eigenvalue weighted by molar-refractivity contribution is -0.140. The second-order valence-corrected chi connectivity index (χ2v) is 7.82. The van der Waals surface area contributed by atoms with Gasteiger partial charge in [0, 0.05) is 19.8 Å². The Labute approximate surface area is 182 Å². The zero-order chi connectivity index (χ0) is 22.6. The summed E-state index contributed by atoms with van der Waals surface area (Å²) in [5.74, 6) is -1.92. The van der Waals surface area contributed by atoms with Gasteiger partial charge in [-0.1, -0.05) is 44.2 Å². The smallest absolute Gasteiger partial charge is 0.408 e. The minimum atomic E-state index is -1.03. The average Bonchev–Trinajstić information content (AvgIpc) is 2.75. The standard InChI is InChI=1S/C22H31N3O6/c1-15(2)13-18(25-22(29)31-14-16-7-4-3-5-8-16)20(27)24-17-9-12-30-11-6-10-23-21(28)19(17)26/h3-5,7-8,15,17-18H,6,9-14H2,1-2H3,(H,23,28)(H,24,27)(H,25,29). The molecule has 0 spiro atoms. The van der Waals surface area contributed by atoms with Crippen LogP contribution in [0.15, 0.2) is 30.3 Å². The van der Waals surface area contributed by atoms with Crippen LogP contribution in [-0.4, -0.2) is 55.5 Å². The minimum Gasteiger partial charge on any atom is -0.445 e. The molecule has 0 bridgehead atoms. The zero-order valence-electron chi connectivity index (χ0n) is 18.0. The van der Waals surface area contributed by atoms with Gasteiger partial charge in [0.1, 0.15) is 12.6 Å². The van der Waals surface area contributed by atoms with Gasteiger partial charge in [-0.05, 0) is 30.7 Å². The summed E-state index contributed by atoms with van der Waals surface area (Å²) < 4.78 is 10.6. The first-order valence-electron chi connectivity index (χ1n) is 10.5. The molecule has 2 atom stereocenters. The maximum Gasteiger partial charge on any atom is 0.408 e. The van der Waals surface area contributed by atoms with Crippen LogP contribution < -0.4 is 16.0 Å². The molecular formula is C22H31N3O6. The SMILES string of the molecule is CC(C)CC(NC(=O)OCc1ccccc1)C(=O)NC1CCOCCCNC(=O)C1=O. The van der Waals surface area contributed by atoms with E-state index in [2.05, 4.69) is 16.0 Å². The summed E-state index contributed by atoms with van der Waals surface area (Å²) in [7, 11) is 0. The van der Waals surface area contributed by atoms with E-state index in [-0.39, 0.29) is 25.6 Å². The number of hydrogen-bond donors (Lipinski definition) is 3. The van der Waals surface area contributed by atoms with Crippen LogP contribution >= 0.6 is 0 Å². The van der Waals surface area contributed by atoms with Gasteiger partial charge >= 0.3 is 6.09 Å². The summed E-state index contributed by atoms with van der Waals surface area (Å²) in [5.41, 5.74) is 0.820.